The van der Waals surface area contributed by atoms with E-state index >= 15 is 0 Å². The van der Waals surface area contributed by atoms with Gasteiger partial charge in [-0.05, 0) is 32.1 Å². The van der Waals surface area contributed by atoms with Crippen molar-refractivity contribution >= 4 is 15.8 Å². The van der Waals surface area contributed by atoms with E-state index in [9.17, 15) is 8.42 Å². The molecule has 1 heterocycles. The molecular weight excluding hydrogens is 290 g/mol. The lowest BCUT2D eigenvalue weighted by Gasteiger charge is -2.26. The highest BCUT2D eigenvalue weighted by Crippen LogP contribution is 2.22. The maximum absolute atomic E-state index is 12.8. The first-order chi connectivity index (χ1) is 9.78. The molecular formula is C13H25N5O2S. The summed E-state index contributed by atoms with van der Waals surface area (Å²) in [6, 6.07) is 3.10. The van der Waals surface area contributed by atoms with Gasteiger partial charge in [-0.1, -0.05) is 13.8 Å². The summed E-state index contributed by atoms with van der Waals surface area (Å²) in [6.45, 7) is 5.51. The quantitative estimate of drug-likeness (QED) is 0.538. The van der Waals surface area contributed by atoms with E-state index in [1.807, 2.05) is 32.8 Å². The highest BCUT2D eigenvalue weighted by molar-refractivity contribution is 7.89. The van der Waals surface area contributed by atoms with Gasteiger partial charge in [-0.3, -0.25) is 0 Å². The van der Waals surface area contributed by atoms with Crippen molar-refractivity contribution in [3.8, 4) is 0 Å². The summed E-state index contributed by atoms with van der Waals surface area (Å²) in [5.74, 6) is 5.76. The largest absolute Gasteiger partial charge is 0.308 e. The predicted octanol–water partition coefficient (Wildman–Crippen LogP) is 0.576. The maximum atomic E-state index is 12.8. The summed E-state index contributed by atoms with van der Waals surface area (Å²) in [5.41, 5.74) is 2.35. The van der Waals surface area contributed by atoms with E-state index in [2.05, 4.69) is 10.4 Å². The molecule has 3 N–H and O–H groups in total. The number of likely N-dealkylation sites (N-methyl/N-ethyl adjacent to an activating group) is 1. The monoisotopic (exact) mass is 315 g/mol. The van der Waals surface area contributed by atoms with Crippen LogP contribution in [0.15, 0.2) is 23.2 Å². The molecule has 0 saturated carbocycles. The molecule has 0 aliphatic carbocycles. The normalized spacial score (nSPS) is 12.4. The zero-order chi connectivity index (χ0) is 16.0. The third-order valence-electron chi connectivity index (χ3n) is 2.89. The first kappa shape index (κ1) is 17.8. The Kier molecular flexibility index (Phi) is 6.53. The van der Waals surface area contributed by atoms with Gasteiger partial charge in [-0.25, -0.2) is 19.2 Å². The van der Waals surface area contributed by atoms with Crippen LogP contribution >= 0.6 is 0 Å². The average Bonchev–Trinajstić information content (AvgIpc) is 2.42. The third-order valence-corrected chi connectivity index (χ3v) is 4.79. The Hall–Kier alpha value is -1.22. The van der Waals surface area contributed by atoms with Gasteiger partial charge in [0.05, 0.1) is 0 Å². The number of nitrogen functional groups attached to an aromatic ring is 1. The number of nitrogens with zero attached hydrogens (tertiary/aromatic N) is 3. The molecule has 0 aliphatic heterocycles. The van der Waals surface area contributed by atoms with Gasteiger partial charge in [0.2, 0.25) is 10.0 Å². The lowest BCUT2D eigenvalue weighted by molar-refractivity contribution is 0.312. The van der Waals surface area contributed by atoms with Gasteiger partial charge in [-0.15, -0.1) is 0 Å². The van der Waals surface area contributed by atoms with Crippen molar-refractivity contribution < 1.29 is 8.42 Å². The predicted molar refractivity (Wildman–Crippen MR) is 84.2 cm³/mol. The van der Waals surface area contributed by atoms with Crippen LogP contribution in [0.1, 0.15) is 13.8 Å². The van der Waals surface area contributed by atoms with E-state index in [1.165, 1.54) is 16.6 Å². The molecule has 1 aromatic heterocycles. The Balaban J connectivity index is 3.13. The topological polar surface area (TPSA) is 91.6 Å². The molecule has 0 atom stereocenters. The fourth-order valence-electron chi connectivity index (χ4n) is 1.87. The summed E-state index contributed by atoms with van der Waals surface area (Å²) in [6.07, 6.45) is 1.50. The number of sulfonamides is 1. The number of pyridine rings is 1. The second-order valence-electron chi connectivity index (χ2n) is 5.55. The third kappa shape index (κ3) is 4.92. The zero-order valence-corrected chi connectivity index (χ0v) is 13.9. The van der Waals surface area contributed by atoms with E-state index < -0.39 is 10.0 Å². The lowest BCUT2D eigenvalue weighted by atomic mass is 10.2. The molecule has 0 spiro atoms. The van der Waals surface area contributed by atoms with Crippen LogP contribution in [0.2, 0.25) is 0 Å². The van der Waals surface area contributed by atoms with Crippen molar-refractivity contribution in [1.82, 2.24) is 14.2 Å². The number of hydrazine groups is 1. The summed E-state index contributed by atoms with van der Waals surface area (Å²) in [4.78, 5) is 6.02. The standard InChI is InChI=1S/C13H25N5O2S/c1-11(2)10-18(9-8-17(3)4)21(19,20)12-6-5-7-15-13(12)16-14/h5-7,11H,8-10,14H2,1-4H3,(H,15,16). The van der Waals surface area contributed by atoms with Crippen LogP contribution in [-0.4, -0.2) is 56.3 Å². The first-order valence-electron chi connectivity index (χ1n) is 6.85. The second kappa shape index (κ2) is 7.69. The van der Waals surface area contributed by atoms with Crippen LogP contribution in [0.5, 0.6) is 0 Å². The molecule has 0 unspecified atom stereocenters. The van der Waals surface area contributed by atoms with Gasteiger partial charge in [0.1, 0.15) is 4.90 Å². The summed E-state index contributed by atoms with van der Waals surface area (Å²) in [7, 11) is 0.195. The fraction of sp³-hybridized carbons (Fsp3) is 0.615. The van der Waals surface area contributed by atoms with Gasteiger partial charge >= 0.3 is 0 Å². The average molecular weight is 315 g/mol. The smallest absolute Gasteiger partial charge is 0.246 e. The van der Waals surface area contributed by atoms with Gasteiger partial charge in [0.15, 0.2) is 5.82 Å². The number of rotatable bonds is 8. The molecule has 0 radical (unpaired) electrons. The van der Waals surface area contributed by atoms with Crippen molar-refractivity contribution in [1.29, 1.82) is 0 Å². The van der Waals surface area contributed by atoms with Crippen molar-refractivity contribution in [2.24, 2.45) is 11.8 Å². The lowest BCUT2D eigenvalue weighted by Crippen LogP contribution is -2.39. The molecule has 7 nitrogen and oxygen atoms in total. The van der Waals surface area contributed by atoms with Crippen molar-refractivity contribution in [3.63, 3.8) is 0 Å². The van der Waals surface area contributed by atoms with Crippen LogP contribution in [0.4, 0.5) is 5.82 Å². The minimum Gasteiger partial charge on any atom is -0.308 e. The Morgan fingerprint density at radius 3 is 2.52 bits per heavy atom. The molecule has 1 aromatic rings. The van der Waals surface area contributed by atoms with Crippen LogP contribution in [0.3, 0.4) is 0 Å². The molecule has 120 valence electrons. The second-order valence-corrected chi connectivity index (χ2v) is 7.46. The molecule has 21 heavy (non-hydrogen) atoms. The van der Waals surface area contributed by atoms with Gasteiger partial charge in [0, 0.05) is 25.8 Å². The molecule has 0 saturated heterocycles. The molecule has 0 amide bonds. The van der Waals surface area contributed by atoms with Crippen LogP contribution < -0.4 is 11.3 Å². The fourth-order valence-corrected chi connectivity index (χ4v) is 3.58. The minimum atomic E-state index is -3.63. The number of anilines is 1. The number of nitrogens with two attached hydrogens (primary N) is 1. The summed E-state index contributed by atoms with van der Waals surface area (Å²) < 4.78 is 27.1. The van der Waals surface area contributed by atoms with E-state index in [0.717, 1.165) is 0 Å². The number of nitrogens with one attached hydrogen (secondary N) is 1. The molecule has 0 aliphatic rings. The van der Waals surface area contributed by atoms with Crippen LogP contribution in [0, 0.1) is 5.92 Å². The van der Waals surface area contributed by atoms with Crippen molar-refractivity contribution in [2.45, 2.75) is 18.7 Å². The molecule has 8 heteroatoms. The SMILES string of the molecule is CC(C)CN(CCN(C)C)S(=O)(=O)c1cccnc1NN. The zero-order valence-electron chi connectivity index (χ0n) is 13.1. The van der Waals surface area contributed by atoms with Gasteiger partial charge in [-0.2, -0.15) is 4.31 Å². The minimum absolute atomic E-state index is 0.104. The van der Waals surface area contributed by atoms with Crippen molar-refractivity contribution in [2.75, 3.05) is 39.2 Å². The van der Waals surface area contributed by atoms with Crippen LogP contribution in [-0.2, 0) is 10.0 Å². The molecule has 0 bridgehead atoms. The Morgan fingerprint density at radius 1 is 1.33 bits per heavy atom. The number of hydrogen-bond donors (Lipinski definition) is 2. The molecule has 1 rings (SSSR count). The highest BCUT2D eigenvalue weighted by Gasteiger charge is 2.27. The van der Waals surface area contributed by atoms with E-state index in [-0.39, 0.29) is 16.6 Å². The Bertz CT molecular complexity index is 545. The van der Waals surface area contributed by atoms with Gasteiger partial charge in [0.25, 0.3) is 0 Å². The first-order valence-corrected chi connectivity index (χ1v) is 8.29. The maximum Gasteiger partial charge on any atom is 0.246 e. The van der Waals surface area contributed by atoms with E-state index in [4.69, 9.17) is 5.84 Å². The van der Waals surface area contributed by atoms with Crippen LogP contribution in [0.25, 0.3) is 0 Å². The van der Waals surface area contributed by atoms with Crippen molar-refractivity contribution in [3.05, 3.63) is 18.3 Å². The van der Waals surface area contributed by atoms with E-state index in [0.29, 0.717) is 19.6 Å². The summed E-state index contributed by atoms with van der Waals surface area (Å²) >= 11 is 0. The number of aromatic nitrogens is 1. The van der Waals surface area contributed by atoms with Gasteiger partial charge < -0.3 is 10.3 Å². The Morgan fingerprint density at radius 2 is 2.00 bits per heavy atom. The molecule has 0 aromatic carbocycles. The van der Waals surface area contributed by atoms with E-state index in [1.54, 1.807) is 6.07 Å². The summed E-state index contributed by atoms with van der Waals surface area (Å²) in [5, 5.41) is 0. The Labute approximate surface area is 127 Å². The molecule has 0 fully saturated rings. The highest BCUT2D eigenvalue weighted by atomic mass is 32.2. The number of hydrogen-bond acceptors (Lipinski definition) is 6.